The Kier molecular flexibility index (Phi) is 6.52. The molecule has 3 heteroatoms. The quantitative estimate of drug-likeness (QED) is 0.741. The summed E-state index contributed by atoms with van der Waals surface area (Å²) in [5.74, 6) is 1.50. The largest absolute Gasteiger partial charge is 1.00 e. The molecule has 0 N–H and O–H groups in total. The number of para-hydroxylation sites is 1. The van der Waals surface area contributed by atoms with E-state index in [1.807, 2.05) is 12.1 Å². The zero-order valence-electron chi connectivity index (χ0n) is 11.7. The van der Waals surface area contributed by atoms with Gasteiger partial charge >= 0.3 is 58.2 Å². The van der Waals surface area contributed by atoms with Crippen molar-refractivity contribution in [3.05, 3.63) is 35.7 Å². The minimum absolute atomic E-state index is 0. The average Bonchev–Trinajstić information content (AvgIpc) is 2.47. The van der Waals surface area contributed by atoms with Crippen molar-refractivity contribution in [1.82, 2.24) is 0 Å². The molecule has 1 heterocycles. The smallest absolute Gasteiger partial charge is 0.489 e. The summed E-state index contributed by atoms with van der Waals surface area (Å²) in [5.41, 5.74) is 1.91. The van der Waals surface area contributed by atoms with Crippen LogP contribution >= 0.6 is 0 Å². The monoisotopic (exact) mass is 332 g/mol. The van der Waals surface area contributed by atoms with Crippen LogP contribution in [0.4, 0.5) is 4.39 Å². The molecule has 1 aromatic carbocycles. The number of halogens is 1. The van der Waals surface area contributed by atoms with Crippen molar-refractivity contribution in [2.24, 2.45) is 5.92 Å². The van der Waals surface area contributed by atoms with Gasteiger partial charge < -0.3 is 11.2 Å². The van der Waals surface area contributed by atoms with Gasteiger partial charge in [0.1, 0.15) is 18.5 Å². The van der Waals surface area contributed by atoms with Crippen molar-refractivity contribution in [2.75, 3.05) is 0 Å². The standard InChI is InChI=1S/C16H20FO.Rb/c17-11-14-8-4-7-13-9-10-15(18-16(13)14)12-5-2-1-3-6-12;/h1,4,7-8,12,15H,2-3,5-6,9-11H2;/q-1;+1. The van der Waals surface area contributed by atoms with E-state index < -0.39 is 6.67 Å². The third-order valence-corrected chi connectivity index (χ3v) is 4.30. The Morgan fingerprint density at radius 3 is 2.74 bits per heavy atom. The van der Waals surface area contributed by atoms with Crippen LogP contribution in [0.1, 0.15) is 43.2 Å². The molecule has 0 saturated heterocycles. The van der Waals surface area contributed by atoms with E-state index in [4.69, 9.17) is 4.74 Å². The van der Waals surface area contributed by atoms with Crippen molar-refractivity contribution >= 4 is 0 Å². The Hall–Kier alpha value is 0.755. The first kappa shape index (κ1) is 16.1. The topological polar surface area (TPSA) is 9.23 Å². The minimum atomic E-state index is -0.422. The van der Waals surface area contributed by atoms with Gasteiger partial charge in [-0.2, -0.15) is 12.8 Å². The van der Waals surface area contributed by atoms with Crippen molar-refractivity contribution < 1.29 is 67.3 Å². The molecule has 98 valence electrons. The molecule has 0 bridgehead atoms. The van der Waals surface area contributed by atoms with E-state index in [1.54, 1.807) is 0 Å². The minimum Gasteiger partial charge on any atom is -0.489 e. The van der Waals surface area contributed by atoms with Crippen LogP contribution in [-0.4, -0.2) is 6.10 Å². The molecule has 3 rings (SSSR count). The molecular formula is C16H20FORb. The fourth-order valence-corrected chi connectivity index (χ4v) is 3.26. The van der Waals surface area contributed by atoms with Crippen LogP contribution in [0.15, 0.2) is 18.2 Å². The van der Waals surface area contributed by atoms with Crippen LogP contribution < -0.4 is 62.9 Å². The third kappa shape index (κ3) is 3.69. The summed E-state index contributed by atoms with van der Waals surface area (Å²) >= 11 is 0. The van der Waals surface area contributed by atoms with E-state index in [0.717, 1.165) is 24.2 Å². The molecule has 0 radical (unpaired) electrons. The molecule has 2 aliphatic rings. The van der Waals surface area contributed by atoms with Gasteiger partial charge in [0.2, 0.25) is 0 Å². The van der Waals surface area contributed by atoms with Gasteiger partial charge in [0.25, 0.3) is 0 Å². The first-order chi connectivity index (χ1) is 8.88. The predicted molar refractivity (Wildman–Crippen MR) is 70.2 cm³/mol. The van der Waals surface area contributed by atoms with Gasteiger partial charge in [0.05, 0.1) is 0 Å². The van der Waals surface area contributed by atoms with Crippen molar-refractivity contribution in [3.8, 4) is 5.75 Å². The second kappa shape index (κ2) is 7.68. The Balaban J connectivity index is 0.00000133. The normalized spacial score (nSPS) is 23.1. The Labute approximate surface area is 164 Å². The van der Waals surface area contributed by atoms with Crippen LogP contribution in [0.25, 0.3) is 0 Å². The zero-order chi connectivity index (χ0) is 12.4. The number of hydrogen-bond acceptors (Lipinski definition) is 1. The fraction of sp³-hybridized carbons (Fsp3) is 0.562. The van der Waals surface area contributed by atoms with E-state index in [-0.39, 0.29) is 58.2 Å². The summed E-state index contributed by atoms with van der Waals surface area (Å²) in [6, 6.07) is 5.85. The molecule has 19 heavy (non-hydrogen) atoms. The molecular weight excluding hydrogens is 313 g/mol. The van der Waals surface area contributed by atoms with Crippen LogP contribution in [0.5, 0.6) is 5.75 Å². The summed E-state index contributed by atoms with van der Waals surface area (Å²) in [6.45, 7) is -0.422. The van der Waals surface area contributed by atoms with E-state index >= 15 is 0 Å². The average molecular weight is 333 g/mol. The number of benzene rings is 1. The van der Waals surface area contributed by atoms with Crippen LogP contribution in [0, 0.1) is 12.3 Å². The molecule has 1 saturated carbocycles. The molecule has 0 amide bonds. The molecule has 1 aromatic rings. The maximum Gasteiger partial charge on any atom is 1.00 e. The number of fused-ring (bicyclic) bond motifs is 1. The van der Waals surface area contributed by atoms with Crippen molar-refractivity contribution in [3.63, 3.8) is 0 Å². The van der Waals surface area contributed by atoms with Crippen LogP contribution in [-0.2, 0) is 13.1 Å². The fourth-order valence-electron chi connectivity index (χ4n) is 3.26. The number of ether oxygens (including phenoxy) is 1. The summed E-state index contributed by atoms with van der Waals surface area (Å²) in [7, 11) is 0. The molecule has 0 spiro atoms. The first-order valence-electron chi connectivity index (χ1n) is 7.03. The number of hydrogen-bond donors (Lipinski definition) is 0. The molecule has 1 nitrogen and oxygen atoms in total. The number of rotatable bonds is 2. The maximum absolute atomic E-state index is 13.0. The first-order valence-corrected chi connectivity index (χ1v) is 7.03. The van der Waals surface area contributed by atoms with Gasteiger partial charge in [-0.1, -0.05) is 31.0 Å². The van der Waals surface area contributed by atoms with Crippen molar-refractivity contribution in [1.29, 1.82) is 0 Å². The van der Waals surface area contributed by atoms with Crippen molar-refractivity contribution in [2.45, 2.75) is 51.3 Å². The van der Waals surface area contributed by atoms with Gasteiger partial charge in [-0.05, 0) is 24.3 Å². The molecule has 1 aliphatic carbocycles. The number of aryl methyl sites for hydroxylation is 1. The summed E-state index contributed by atoms with van der Waals surface area (Å²) in [5, 5.41) is 0. The zero-order valence-corrected chi connectivity index (χ0v) is 16.6. The second-order valence-corrected chi connectivity index (χ2v) is 5.44. The summed E-state index contributed by atoms with van der Waals surface area (Å²) in [4.78, 5) is 0. The summed E-state index contributed by atoms with van der Waals surface area (Å²) in [6.07, 6.45) is 9.70. The number of alkyl halides is 1. The van der Waals surface area contributed by atoms with Crippen LogP contribution in [0.3, 0.4) is 0 Å². The van der Waals surface area contributed by atoms with E-state index in [1.165, 1.54) is 31.2 Å². The predicted octanol–water partition coefficient (Wildman–Crippen LogP) is 1.25. The molecule has 1 atom stereocenters. The Bertz CT molecular complexity index is 401. The van der Waals surface area contributed by atoms with Gasteiger partial charge in [-0.3, -0.25) is 0 Å². The SMILES string of the molecule is FCc1cccc2c1OC(C1CC[CH-]CC1)CC2.[Rb+]. The van der Waals surface area contributed by atoms with Gasteiger partial charge in [0.15, 0.2) is 0 Å². The second-order valence-electron chi connectivity index (χ2n) is 5.44. The van der Waals surface area contributed by atoms with E-state index in [0.29, 0.717) is 12.0 Å². The molecule has 1 fully saturated rings. The Morgan fingerprint density at radius 2 is 2.00 bits per heavy atom. The summed E-state index contributed by atoms with van der Waals surface area (Å²) < 4.78 is 19.1. The van der Waals surface area contributed by atoms with Crippen LogP contribution in [0.2, 0.25) is 0 Å². The van der Waals surface area contributed by atoms with Gasteiger partial charge in [-0.25, -0.2) is 4.39 Å². The van der Waals surface area contributed by atoms with E-state index in [9.17, 15) is 4.39 Å². The van der Waals surface area contributed by atoms with Gasteiger partial charge in [0, 0.05) is 5.56 Å². The maximum atomic E-state index is 13.0. The molecule has 0 aromatic heterocycles. The molecule has 1 aliphatic heterocycles. The molecule has 1 unspecified atom stereocenters. The third-order valence-electron chi connectivity index (χ3n) is 4.30. The van der Waals surface area contributed by atoms with E-state index in [2.05, 4.69) is 12.5 Å². The Morgan fingerprint density at radius 1 is 1.21 bits per heavy atom. The van der Waals surface area contributed by atoms with Gasteiger partial charge in [-0.15, -0.1) is 0 Å².